The summed E-state index contributed by atoms with van der Waals surface area (Å²) >= 11 is 0. The fraction of sp³-hybridized carbons (Fsp3) is 0.636. The van der Waals surface area contributed by atoms with E-state index in [-0.39, 0.29) is 0 Å². The van der Waals surface area contributed by atoms with E-state index in [1.54, 1.807) is 7.11 Å². The van der Waals surface area contributed by atoms with E-state index in [4.69, 9.17) is 9.26 Å². The van der Waals surface area contributed by atoms with Crippen LogP contribution < -0.4 is 0 Å². The van der Waals surface area contributed by atoms with Crippen LogP contribution in [0.5, 0.6) is 0 Å². The standard InChI is InChI=1S/C22H32N4O2/c1-3-25-14-19(18-7-5-4-6-8-18)13-22(17-25)9-11-26(12-10-22)15-20-23-21(16-27-2)28-24-20/h4-8,19H,3,9-17H2,1-2H3/t19-/m0/s1. The van der Waals surface area contributed by atoms with Gasteiger partial charge in [-0.15, -0.1) is 0 Å². The summed E-state index contributed by atoms with van der Waals surface area (Å²) in [5.74, 6) is 1.97. The minimum Gasteiger partial charge on any atom is -0.375 e. The summed E-state index contributed by atoms with van der Waals surface area (Å²) in [5.41, 5.74) is 1.93. The molecule has 1 spiro atoms. The van der Waals surface area contributed by atoms with Crippen LogP contribution in [0.15, 0.2) is 34.9 Å². The van der Waals surface area contributed by atoms with Crippen molar-refractivity contribution in [1.82, 2.24) is 19.9 Å². The number of aromatic nitrogens is 2. The molecule has 1 aromatic carbocycles. The lowest BCUT2D eigenvalue weighted by Gasteiger charge is -2.50. The zero-order valence-corrected chi connectivity index (χ0v) is 17.1. The Kier molecular flexibility index (Phi) is 6.09. The lowest BCUT2D eigenvalue weighted by Crippen LogP contribution is -2.51. The lowest BCUT2D eigenvalue weighted by atomic mass is 9.68. The second-order valence-electron chi connectivity index (χ2n) is 8.45. The Morgan fingerprint density at radius 2 is 1.96 bits per heavy atom. The number of likely N-dealkylation sites (tertiary alicyclic amines) is 2. The molecule has 0 unspecified atom stereocenters. The topological polar surface area (TPSA) is 54.6 Å². The summed E-state index contributed by atoms with van der Waals surface area (Å²) < 4.78 is 10.3. The van der Waals surface area contributed by atoms with E-state index in [1.165, 1.54) is 37.9 Å². The molecule has 2 aliphatic rings. The van der Waals surface area contributed by atoms with Crippen LogP contribution in [-0.2, 0) is 17.9 Å². The van der Waals surface area contributed by atoms with E-state index in [0.29, 0.717) is 23.8 Å². The highest BCUT2D eigenvalue weighted by molar-refractivity contribution is 5.21. The molecule has 2 aliphatic heterocycles. The summed E-state index contributed by atoms with van der Waals surface area (Å²) in [5, 5.41) is 4.09. The fourth-order valence-electron chi connectivity index (χ4n) is 4.98. The molecule has 0 amide bonds. The largest absolute Gasteiger partial charge is 0.375 e. The molecule has 0 aliphatic carbocycles. The molecule has 0 N–H and O–H groups in total. The first kappa shape index (κ1) is 19.6. The van der Waals surface area contributed by atoms with E-state index in [1.807, 2.05) is 0 Å². The maximum absolute atomic E-state index is 5.23. The Morgan fingerprint density at radius 3 is 2.68 bits per heavy atom. The Morgan fingerprint density at radius 1 is 1.18 bits per heavy atom. The summed E-state index contributed by atoms with van der Waals surface area (Å²) in [6, 6.07) is 11.1. The van der Waals surface area contributed by atoms with Gasteiger partial charge in [0.2, 0.25) is 0 Å². The molecular formula is C22H32N4O2. The van der Waals surface area contributed by atoms with Gasteiger partial charge in [-0.25, -0.2) is 0 Å². The average Bonchev–Trinajstić information content (AvgIpc) is 3.17. The third-order valence-corrected chi connectivity index (χ3v) is 6.49. The number of hydrogen-bond acceptors (Lipinski definition) is 6. The summed E-state index contributed by atoms with van der Waals surface area (Å²) in [6.07, 6.45) is 3.80. The van der Waals surface area contributed by atoms with Gasteiger partial charge in [-0.05, 0) is 55.8 Å². The summed E-state index contributed by atoms with van der Waals surface area (Å²) in [4.78, 5) is 9.55. The van der Waals surface area contributed by atoms with Crippen LogP contribution in [0.4, 0.5) is 0 Å². The van der Waals surface area contributed by atoms with Crippen molar-refractivity contribution < 1.29 is 9.26 Å². The maximum Gasteiger partial charge on any atom is 0.252 e. The Balaban J connectivity index is 1.38. The van der Waals surface area contributed by atoms with Gasteiger partial charge in [-0.1, -0.05) is 42.4 Å². The van der Waals surface area contributed by atoms with E-state index in [0.717, 1.165) is 32.0 Å². The predicted octanol–water partition coefficient (Wildman–Crippen LogP) is 3.31. The summed E-state index contributed by atoms with van der Waals surface area (Å²) in [7, 11) is 1.64. The third kappa shape index (κ3) is 4.45. The molecule has 4 rings (SSSR count). The van der Waals surface area contributed by atoms with Crippen molar-refractivity contribution in [2.45, 2.75) is 45.3 Å². The monoisotopic (exact) mass is 384 g/mol. The molecule has 2 fully saturated rings. The van der Waals surface area contributed by atoms with Gasteiger partial charge in [-0.2, -0.15) is 4.98 Å². The zero-order valence-electron chi connectivity index (χ0n) is 17.1. The van der Waals surface area contributed by atoms with Crippen LogP contribution in [0.2, 0.25) is 0 Å². The van der Waals surface area contributed by atoms with Crippen LogP contribution in [0, 0.1) is 5.41 Å². The first-order chi connectivity index (χ1) is 13.7. The SMILES string of the molecule is CCN1C[C@@H](c2ccccc2)CC2(CCN(Cc3noc(COC)n3)CC2)C1. The van der Waals surface area contributed by atoms with E-state index in [9.17, 15) is 0 Å². The molecule has 2 aromatic rings. The van der Waals surface area contributed by atoms with Gasteiger partial charge in [0, 0.05) is 20.2 Å². The van der Waals surface area contributed by atoms with Crippen molar-refractivity contribution in [2.24, 2.45) is 5.41 Å². The molecule has 0 bridgehead atoms. The Hall–Kier alpha value is -1.76. The van der Waals surface area contributed by atoms with Gasteiger partial charge in [0.1, 0.15) is 6.61 Å². The Labute approximate surface area is 167 Å². The second-order valence-corrected chi connectivity index (χ2v) is 8.45. The van der Waals surface area contributed by atoms with E-state index < -0.39 is 0 Å². The number of ether oxygens (including phenoxy) is 1. The Bertz CT molecular complexity index is 740. The molecule has 2 saturated heterocycles. The molecule has 0 radical (unpaired) electrons. The highest BCUT2D eigenvalue weighted by Crippen LogP contribution is 2.45. The zero-order chi connectivity index (χ0) is 19.4. The molecule has 1 atom stereocenters. The van der Waals surface area contributed by atoms with Gasteiger partial charge < -0.3 is 14.2 Å². The number of methoxy groups -OCH3 is 1. The molecule has 152 valence electrons. The van der Waals surface area contributed by atoms with Crippen LogP contribution in [0.25, 0.3) is 0 Å². The first-order valence-corrected chi connectivity index (χ1v) is 10.5. The first-order valence-electron chi connectivity index (χ1n) is 10.5. The second kappa shape index (κ2) is 8.72. The highest BCUT2D eigenvalue weighted by atomic mass is 16.5. The van der Waals surface area contributed by atoms with Crippen LogP contribution in [-0.4, -0.2) is 59.8 Å². The van der Waals surface area contributed by atoms with Crippen molar-refractivity contribution in [3.05, 3.63) is 47.6 Å². The number of piperidine rings is 2. The fourth-order valence-corrected chi connectivity index (χ4v) is 4.98. The van der Waals surface area contributed by atoms with Crippen LogP contribution in [0.3, 0.4) is 0 Å². The number of benzene rings is 1. The number of likely N-dealkylation sites (N-methyl/N-ethyl adjacent to an activating group) is 1. The molecule has 6 nitrogen and oxygen atoms in total. The van der Waals surface area contributed by atoms with Gasteiger partial charge in [0.25, 0.3) is 5.89 Å². The molecule has 1 aromatic heterocycles. The van der Waals surface area contributed by atoms with Crippen LogP contribution >= 0.6 is 0 Å². The van der Waals surface area contributed by atoms with Crippen molar-refractivity contribution in [3.8, 4) is 0 Å². The van der Waals surface area contributed by atoms with Gasteiger partial charge in [0.05, 0.1) is 6.54 Å². The summed E-state index contributed by atoms with van der Waals surface area (Å²) in [6.45, 7) is 9.22. The highest BCUT2D eigenvalue weighted by Gasteiger charge is 2.41. The minimum atomic E-state index is 0.379. The van der Waals surface area contributed by atoms with Crippen molar-refractivity contribution in [3.63, 3.8) is 0 Å². The number of hydrogen-bond donors (Lipinski definition) is 0. The predicted molar refractivity (Wildman–Crippen MR) is 108 cm³/mol. The third-order valence-electron chi connectivity index (χ3n) is 6.49. The number of rotatable bonds is 6. The van der Waals surface area contributed by atoms with Crippen LogP contribution in [0.1, 0.15) is 49.4 Å². The van der Waals surface area contributed by atoms with Gasteiger partial charge >= 0.3 is 0 Å². The minimum absolute atomic E-state index is 0.379. The van der Waals surface area contributed by atoms with Crippen molar-refractivity contribution in [1.29, 1.82) is 0 Å². The maximum atomic E-state index is 5.23. The van der Waals surface area contributed by atoms with Gasteiger partial charge in [-0.3, -0.25) is 4.90 Å². The van der Waals surface area contributed by atoms with E-state index >= 15 is 0 Å². The van der Waals surface area contributed by atoms with Crippen molar-refractivity contribution in [2.75, 3.05) is 39.8 Å². The quantitative estimate of drug-likeness (QED) is 0.762. The smallest absolute Gasteiger partial charge is 0.252 e. The molecular weight excluding hydrogens is 352 g/mol. The van der Waals surface area contributed by atoms with Gasteiger partial charge in [0.15, 0.2) is 5.82 Å². The van der Waals surface area contributed by atoms with E-state index in [2.05, 4.69) is 57.2 Å². The molecule has 6 heteroatoms. The normalized spacial score (nSPS) is 23.3. The van der Waals surface area contributed by atoms with Crippen molar-refractivity contribution >= 4 is 0 Å². The lowest BCUT2D eigenvalue weighted by molar-refractivity contribution is 0.0130. The molecule has 0 saturated carbocycles. The number of nitrogens with zero attached hydrogens (tertiary/aromatic N) is 4. The average molecular weight is 385 g/mol. The molecule has 28 heavy (non-hydrogen) atoms. The molecule has 3 heterocycles.